The lowest BCUT2D eigenvalue weighted by molar-refractivity contribution is -0.142. The van der Waals surface area contributed by atoms with Crippen molar-refractivity contribution in [3.63, 3.8) is 0 Å². The SMILES string of the molecule is CCOC(CCN(CC)C1CCCNC1)OCC. The second-order valence-electron chi connectivity index (χ2n) is 4.76. The summed E-state index contributed by atoms with van der Waals surface area (Å²) in [7, 11) is 0. The van der Waals surface area contributed by atoms with E-state index in [2.05, 4.69) is 17.1 Å². The van der Waals surface area contributed by atoms with Crippen LogP contribution in [0, 0.1) is 0 Å². The Morgan fingerprint density at radius 3 is 2.44 bits per heavy atom. The van der Waals surface area contributed by atoms with E-state index in [1.54, 1.807) is 0 Å². The molecule has 108 valence electrons. The lowest BCUT2D eigenvalue weighted by atomic mass is 10.1. The van der Waals surface area contributed by atoms with Crippen LogP contribution in [0.2, 0.25) is 0 Å². The molecule has 1 saturated heterocycles. The molecule has 4 nitrogen and oxygen atoms in total. The summed E-state index contributed by atoms with van der Waals surface area (Å²) in [5.41, 5.74) is 0. The third-order valence-corrected chi connectivity index (χ3v) is 3.55. The molecular weight excluding hydrogens is 228 g/mol. The molecule has 18 heavy (non-hydrogen) atoms. The summed E-state index contributed by atoms with van der Waals surface area (Å²) in [6.45, 7) is 12.2. The van der Waals surface area contributed by atoms with Crippen molar-refractivity contribution < 1.29 is 9.47 Å². The Hall–Kier alpha value is -0.160. The number of piperidine rings is 1. The molecule has 1 rings (SSSR count). The molecule has 1 aliphatic rings. The van der Waals surface area contributed by atoms with Crippen molar-refractivity contribution in [2.45, 2.75) is 52.4 Å². The third kappa shape index (κ3) is 5.65. The molecule has 0 saturated carbocycles. The first-order valence-electron chi connectivity index (χ1n) is 7.49. The Morgan fingerprint density at radius 2 is 1.94 bits per heavy atom. The summed E-state index contributed by atoms with van der Waals surface area (Å²) >= 11 is 0. The molecule has 0 aliphatic carbocycles. The predicted octanol–water partition coefficient (Wildman–Crippen LogP) is 1.85. The zero-order valence-corrected chi connectivity index (χ0v) is 12.3. The average molecular weight is 258 g/mol. The highest BCUT2D eigenvalue weighted by Crippen LogP contribution is 2.12. The standard InChI is InChI=1S/C14H30N2O2/c1-4-16(13-8-7-10-15-12-13)11-9-14(17-5-2)18-6-3/h13-15H,4-12H2,1-3H3. The fourth-order valence-corrected chi connectivity index (χ4v) is 2.60. The highest BCUT2D eigenvalue weighted by Gasteiger charge is 2.20. The van der Waals surface area contributed by atoms with Crippen molar-refractivity contribution in [1.82, 2.24) is 10.2 Å². The first-order valence-corrected chi connectivity index (χ1v) is 7.49. The van der Waals surface area contributed by atoms with Crippen LogP contribution in [0.1, 0.15) is 40.0 Å². The van der Waals surface area contributed by atoms with Gasteiger partial charge in [0.25, 0.3) is 0 Å². The van der Waals surface area contributed by atoms with Crippen molar-refractivity contribution in [3.8, 4) is 0 Å². The monoisotopic (exact) mass is 258 g/mol. The number of likely N-dealkylation sites (N-methyl/N-ethyl adjacent to an activating group) is 1. The van der Waals surface area contributed by atoms with Gasteiger partial charge >= 0.3 is 0 Å². The highest BCUT2D eigenvalue weighted by atomic mass is 16.7. The lowest BCUT2D eigenvalue weighted by Gasteiger charge is -2.34. The molecule has 1 aliphatic heterocycles. The quantitative estimate of drug-likeness (QED) is 0.640. The maximum absolute atomic E-state index is 5.60. The number of rotatable bonds is 9. The van der Waals surface area contributed by atoms with Gasteiger partial charge in [-0.1, -0.05) is 6.92 Å². The van der Waals surface area contributed by atoms with E-state index in [0.29, 0.717) is 6.04 Å². The van der Waals surface area contributed by atoms with Crippen molar-refractivity contribution >= 4 is 0 Å². The van der Waals surface area contributed by atoms with Crippen molar-refractivity contribution in [2.24, 2.45) is 0 Å². The van der Waals surface area contributed by atoms with Crippen LogP contribution in [0.25, 0.3) is 0 Å². The van der Waals surface area contributed by atoms with E-state index in [9.17, 15) is 0 Å². The molecule has 0 bridgehead atoms. The van der Waals surface area contributed by atoms with Crippen LogP contribution in [-0.4, -0.2) is 56.6 Å². The van der Waals surface area contributed by atoms with Gasteiger partial charge in [-0.15, -0.1) is 0 Å². The number of hydrogen-bond acceptors (Lipinski definition) is 4. The number of nitrogens with one attached hydrogen (secondary N) is 1. The number of nitrogens with zero attached hydrogens (tertiary/aromatic N) is 1. The minimum atomic E-state index is -0.0365. The normalized spacial score (nSPS) is 20.8. The predicted molar refractivity (Wildman–Crippen MR) is 74.8 cm³/mol. The van der Waals surface area contributed by atoms with E-state index in [-0.39, 0.29) is 6.29 Å². The van der Waals surface area contributed by atoms with Gasteiger partial charge in [-0.3, -0.25) is 4.90 Å². The van der Waals surface area contributed by atoms with Crippen LogP contribution in [-0.2, 0) is 9.47 Å². The van der Waals surface area contributed by atoms with Gasteiger partial charge in [0, 0.05) is 38.8 Å². The van der Waals surface area contributed by atoms with Crippen LogP contribution in [0.5, 0.6) is 0 Å². The molecule has 0 aromatic rings. The molecule has 0 amide bonds. The fraction of sp³-hybridized carbons (Fsp3) is 1.00. The van der Waals surface area contributed by atoms with Gasteiger partial charge < -0.3 is 14.8 Å². The van der Waals surface area contributed by atoms with Crippen LogP contribution < -0.4 is 5.32 Å². The van der Waals surface area contributed by atoms with E-state index >= 15 is 0 Å². The first kappa shape index (κ1) is 15.9. The molecule has 1 unspecified atom stereocenters. The van der Waals surface area contributed by atoms with Gasteiger partial charge in [0.05, 0.1) is 0 Å². The van der Waals surface area contributed by atoms with Crippen LogP contribution >= 0.6 is 0 Å². The second kappa shape index (κ2) is 9.73. The molecule has 1 N–H and O–H groups in total. The Labute approximate surface area is 112 Å². The Balaban J connectivity index is 2.31. The first-order chi connectivity index (χ1) is 8.81. The van der Waals surface area contributed by atoms with E-state index in [1.807, 2.05) is 13.8 Å². The minimum absolute atomic E-state index is 0.0365. The number of hydrogen-bond donors (Lipinski definition) is 1. The van der Waals surface area contributed by atoms with E-state index < -0.39 is 0 Å². The fourth-order valence-electron chi connectivity index (χ4n) is 2.60. The lowest BCUT2D eigenvalue weighted by Crippen LogP contribution is -2.46. The minimum Gasteiger partial charge on any atom is -0.353 e. The zero-order chi connectivity index (χ0) is 13.2. The Kier molecular flexibility index (Phi) is 8.59. The molecule has 1 atom stereocenters. The summed E-state index contributed by atoms with van der Waals surface area (Å²) in [6, 6.07) is 0.688. The van der Waals surface area contributed by atoms with E-state index in [1.165, 1.54) is 19.4 Å². The van der Waals surface area contributed by atoms with Crippen LogP contribution in [0.15, 0.2) is 0 Å². The molecule has 4 heteroatoms. The smallest absolute Gasteiger partial charge is 0.158 e. The van der Waals surface area contributed by atoms with Crippen molar-refractivity contribution in [2.75, 3.05) is 39.4 Å². The van der Waals surface area contributed by atoms with Crippen LogP contribution in [0.3, 0.4) is 0 Å². The third-order valence-electron chi connectivity index (χ3n) is 3.55. The van der Waals surface area contributed by atoms with Gasteiger partial charge in [0.2, 0.25) is 0 Å². The molecule has 1 heterocycles. The summed E-state index contributed by atoms with van der Waals surface area (Å²) in [6.07, 6.45) is 3.54. The summed E-state index contributed by atoms with van der Waals surface area (Å²) < 4.78 is 11.2. The summed E-state index contributed by atoms with van der Waals surface area (Å²) in [5, 5.41) is 3.48. The molecule has 0 radical (unpaired) electrons. The Bertz CT molecular complexity index is 190. The molecule has 0 spiro atoms. The largest absolute Gasteiger partial charge is 0.353 e. The van der Waals surface area contributed by atoms with Gasteiger partial charge in [-0.2, -0.15) is 0 Å². The van der Waals surface area contributed by atoms with Gasteiger partial charge in [0.1, 0.15) is 0 Å². The topological polar surface area (TPSA) is 33.7 Å². The molecule has 0 aromatic heterocycles. The molecule has 0 aromatic carbocycles. The maximum atomic E-state index is 5.60. The maximum Gasteiger partial charge on any atom is 0.158 e. The van der Waals surface area contributed by atoms with Crippen molar-refractivity contribution in [3.05, 3.63) is 0 Å². The number of ether oxygens (including phenoxy) is 2. The van der Waals surface area contributed by atoms with Crippen molar-refractivity contribution in [1.29, 1.82) is 0 Å². The summed E-state index contributed by atoms with van der Waals surface area (Å²) in [5.74, 6) is 0. The van der Waals surface area contributed by atoms with Gasteiger partial charge in [0.15, 0.2) is 6.29 Å². The van der Waals surface area contributed by atoms with Gasteiger partial charge in [-0.25, -0.2) is 0 Å². The average Bonchev–Trinajstić information content (AvgIpc) is 2.41. The van der Waals surface area contributed by atoms with Crippen LogP contribution in [0.4, 0.5) is 0 Å². The molecule has 1 fully saturated rings. The highest BCUT2D eigenvalue weighted by molar-refractivity contribution is 4.78. The second-order valence-corrected chi connectivity index (χ2v) is 4.76. The molecular formula is C14H30N2O2. The van der Waals surface area contributed by atoms with Gasteiger partial charge in [-0.05, 0) is 39.8 Å². The van der Waals surface area contributed by atoms with E-state index in [0.717, 1.165) is 39.3 Å². The summed E-state index contributed by atoms with van der Waals surface area (Å²) in [4.78, 5) is 2.55. The van der Waals surface area contributed by atoms with E-state index in [4.69, 9.17) is 9.47 Å². The zero-order valence-electron chi connectivity index (χ0n) is 12.3. The Morgan fingerprint density at radius 1 is 1.22 bits per heavy atom.